The standard InChI is InChI=1S/C16H22N2O2/c1-2-16(9-5-10-17-16)15(19)18-13-8-11-20-14-7-4-3-6-12(13)14/h3-4,6-7,13,17H,2,5,8-11H2,1H3,(H,18,19). The minimum atomic E-state index is -0.368. The van der Waals surface area contributed by atoms with Crippen LogP contribution in [0, 0.1) is 0 Å². The van der Waals surface area contributed by atoms with Gasteiger partial charge in [0.2, 0.25) is 5.91 Å². The Balaban J connectivity index is 1.77. The van der Waals surface area contributed by atoms with Gasteiger partial charge in [-0.1, -0.05) is 25.1 Å². The molecule has 0 bridgehead atoms. The molecule has 2 unspecified atom stereocenters. The molecule has 2 aliphatic rings. The molecule has 1 aromatic rings. The molecule has 20 heavy (non-hydrogen) atoms. The van der Waals surface area contributed by atoms with Gasteiger partial charge < -0.3 is 15.4 Å². The van der Waals surface area contributed by atoms with Crippen LogP contribution in [0.5, 0.6) is 5.75 Å². The zero-order chi connectivity index (χ0) is 14.0. The molecule has 1 fully saturated rings. The summed E-state index contributed by atoms with van der Waals surface area (Å²) in [7, 11) is 0. The van der Waals surface area contributed by atoms with Crippen LogP contribution >= 0.6 is 0 Å². The summed E-state index contributed by atoms with van der Waals surface area (Å²) >= 11 is 0. The second-order valence-corrected chi connectivity index (χ2v) is 5.67. The number of nitrogens with one attached hydrogen (secondary N) is 2. The number of fused-ring (bicyclic) bond motifs is 1. The van der Waals surface area contributed by atoms with E-state index in [1.54, 1.807) is 0 Å². The van der Waals surface area contributed by atoms with Gasteiger partial charge in [-0.3, -0.25) is 4.79 Å². The van der Waals surface area contributed by atoms with Gasteiger partial charge in [-0.05, 0) is 31.9 Å². The Labute approximate surface area is 119 Å². The van der Waals surface area contributed by atoms with Crippen molar-refractivity contribution in [1.29, 1.82) is 0 Å². The lowest BCUT2D eigenvalue weighted by atomic mass is 9.91. The molecule has 0 radical (unpaired) electrons. The van der Waals surface area contributed by atoms with E-state index in [1.165, 1.54) is 0 Å². The van der Waals surface area contributed by atoms with Gasteiger partial charge in [0.05, 0.1) is 18.2 Å². The van der Waals surface area contributed by atoms with E-state index in [4.69, 9.17) is 4.74 Å². The minimum Gasteiger partial charge on any atom is -0.493 e. The Bertz CT molecular complexity index is 495. The monoisotopic (exact) mass is 274 g/mol. The molecular formula is C16H22N2O2. The number of carbonyl (C=O) groups excluding carboxylic acids is 1. The maximum absolute atomic E-state index is 12.7. The lowest BCUT2D eigenvalue weighted by molar-refractivity contribution is -0.128. The Morgan fingerprint density at radius 3 is 3.10 bits per heavy atom. The molecule has 2 atom stereocenters. The molecule has 4 heteroatoms. The first-order chi connectivity index (χ1) is 9.75. The van der Waals surface area contributed by atoms with Crippen LogP contribution in [0.4, 0.5) is 0 Å². The van der Waals surface area contributed by atoms with Crippen LogP contribution in [0.25, 0.3) is 0 Å². The maximum atomic E-state index is 12.7. The predicted molar refractivity (Wildman–Crippen MR) is 77.7 cm³/mol. The largest absolute Gasteiger partial charge is 0.493 e. The molecule has 3 rings (SSSR count). The van der Waals surface area contributed by atoms with Crippen LogP contribution < -0.4 is 15.4 Å². The van der Waals surface area contributed by atoms with Crippen molar-refractivity contribution in [3.05, 3.63) is 29.8 Å². The normalized spacial score (nSPS) is 28.6. The molecule has 2 aliphatic heterocycles. The Hall–Kier alpha value is -1.55. The molecule has 0 aromatic heterocycles. The fourth-order valence-corrected chi connectivity index (χ4v) is 3.25. The maximum Gasteiger partial charge on any atom is 0.240 e. The second-order valence-electron chi connectivity index (χ2n) is 5.67. The molecule has 1 saturated heterocycles. The third-order valence-corrected chi connectivity index (χ3v) is 4.55. The first kappa shape index (κ1) is 13.4. The van der Waals surface area contributed by atoms with Gasteiger partial charge in [-0.2, -0.15) is 0 Å². The highest BCUT2D eigenvalue weighted by atomic mass is 16.5. The number of ether oxygens (including phenoxy) is 1. The summed E-state index contributed by atoms with van der Waals surface area (Å²) in [4.78, 5) is 12.7. The summed E-state index contributed by atoms with van der Waals surface area (Å²) in [5.74, 6) is 1.04. The minimum absolute atomic E-state index is 0.0678. The topological polar surface area (TPSA) is 50.4 Å². The first-order valence-corrected chi connectivity index (χ1v) is 7.53. The fraction of sp³-hybridized carbons (Fsp3) is 0.562. The zero-order valence-electron chi connectivity index (χ0n) is 11.9. The summed E-state index contributed by atoms with van der Waals surface area (Å²) < 4.78 is 5.65. The van der Waals surface area contributed by atoms with E-state index in [2.05, 4.69) is 17.6 Å². The van der Waals surface area contributed by atoms with Gasteiger partial charge in [0.1, 0.15) is 5.75 Å². The Morgan fingerprint density at radius 1 is 1.50 bits per heavy atom. The van der Waals surface area contributed by atoms with Crippen molar-refractivity contribution in [3.63, 3.8) is 0 Å². The van der Waals surface area contributed by atoms with Crippen molar-refractivity contribution >= 4 is 5.91 Å². The number of carbonyl (C=O) groups is 1. The number of benzene rings is 1. The van der Waals surface area contributed by atoms with Crippen molar-refractivity contribution in [2.24, 2.45) is 0 Å². The zero-order valence-corrected chi connectivity index (χ0v) is 11.9. The summed E-state index contributed by atoms with van der Waals surface area (Å²) in [5, 5.41) is 6.62. The van der Waals surface area contributed by atoms with Gasteiger partial charge in [0, 0.05) is 12.0 Å². The summed E-state index contributed by atoms with van der Waals surface area (Å²) in [6.45, 7) is 3.68. The highest BCUT2D eigenvalue weighted by Gasteiger charge is 2.40. The van der Waals surface area contributed by atoms with Crippen molar-refractivity contribution in [2.75, 3.05) is 13.2 Å². The number of hydrogen-bond acceptors (Lipinski definition) is 3. The van der Waals surface area contributed by atoms with Crippen molar-refractivity contribution in [1.82, 2.24) is 10.6 Å². The van der Waals surface area contributed by atoms with E-state index < -0.39 is 0 Å². The smallest absolute Gasteiger partial charge is 0.240 e. The number of amides is 1. The molecule has 4 nitrogen and oxygen atoms in total. The molecule has 1 amide bonds. The van der Waals surface area contributed by atoms with Crippen LogP contribution in [-0.4, -0.2) is 24.6 Å². The molecule has 0 spiro atoms. The fourth-order valence-electron chi connectivity index (χ4n) is 3.25. The Kier molecular flexibility index (Phi) is 3.66. The first-order valence-electron chi connectivity index (χ1n) is 7.53. The highest BCUT2D eigenvalue weighted by Crippen LogP contribution is 2.32. The summed E-state index contributed by atoms with van der Waals surface area (Å²) in [6, 6.07) is 8.04. The number of rotatable bonds is 3. The number of para-hydroxylation sites is 1. The Morgan fingerprint density at radius 2 is 2.35 bits per heavy atom. The average Bonchev–Trinajstić information content (AvgIpc) is 2.98. The van der Waals surface area contributed by atoms with E-state index in [0.29, 0.717) is 6.61 Å². The van der Waals surface area contributed by atoms with Crippen molar-refractivity contribution in [3.8, 4) is 5.75 Å². The molecule has 0 saturated carbocycles. The highest BCUT2D eigenvalue weighted by molar-refractivity contribution is 5.87. The van der Waals surface area contributed by atoms with Gasteiger partial charge in [0.15, 0.2) is 0 Å². The van der Waals surface area contributed by atoms with Crippen LogP contribution in [0.1, 0.15) is 44.2 Å². The van der Waals surface area contributed by atoms with Gasteiger partial charge >= 0.3 is 0 Å². The summed E-state index contributed by atoms with van der Waals surface area (Å²) in [5.41, 5.74) is 0.726. The predicted octanol–water partition coefficient (Wildman–Crippen LogP) is 2.16. The van der Waals surface area contributed by atoms with Crippen LogP contribution in [0.3, 0.4) is 0 Å². The van der Waals surface area contributed by atoms with Gasteiger partial charge in [-0.15, -0.1) is 0 Å². The third-order valence-electron chi connectivity index (χ3n) is 4.55. The van der Waals surface area contributed by atoms with Gasteiger partial charge in [0.25, 0.3) is 0 Å². The van der Waals surface area contributed by atoms with E-state index >= 15 is 0 Å². The summed E-state index contributed by atoms with van der Waals surface area (Å²) in [6.07, 6.45) is 3.68. The SMILES string of the molecule is CCC1(C(=O)NC2CCOc3ccccc32)CCCN1. The molecule has 0 aliphatic carbocycles. The van der Waals surface area contributed by atoms with Gasteiger partial charge in [-0.25, -0.2) is 0 Å². The van der Waals surface area contributed by atoms with E-state index in [1.807, 2.05) is 24.3 Å². The molecular weight excluding hydrogens is 252 g/mol. The quantitative estimate of drug-likeness (QED) is 0.888. The second kappa shape index (κ2) is 5.44. The molecule has 108 valence electrons. The third kappa shape index (κ3) is 2.29. The van der Waals surface area contributed by atoms with Crippen LogP contribution in [0.2, 0.25) is 0 Å². The lowest BCUT2D eigenvalue weighted by Crippen LogP contribution is -2.54. The van der Waals surface area contributed by atoms with Crippen LogP contribution in [0.15, 0.2) is 24.3 Å². The molecule has 1 aromatic carbocycles. The molecule has 2 N–H and O–H groups in total. The number of hydrogen-bond donors (Lipinski definition) is 2. The van der Waals surface area contributed by atoms with Crippen molar-refractivity contribution in [2.45, 2.75) is 44.2 Å². The molecule has 2 heterocycles. The lowest BCUT2D eigenvalue weighted by Gasteiger charge is -2.32. The van der Waals surface area contributed by atoms with E-state index in [9.17, 15) is 4.79 Å². The van der Waals surface area contributed by atoms with Crippen LogP contribution in [-0.2, 0) is 4.79 Å². The van der Waals surface area contributed by atoms with E-state index in [0.717, 1.165) is 43.5 Å². The average molecular weight is 274 g/mol. The van der Waals surface area contributed by atoms with E-state index in [-0.39, 0.29) is 17.5 Å². The van der Waals surface area contributed by atoms with Crippen molar-refractivity contribution < 1.29 is 9.53 Å².